The minimum Gasteiger partial charge on any atom is -0.456 e. The van der Waals surface area contributed by atoms with Crippen molar-refractivity contribution in [2.24, 2.45) is 0 Å². The number of fused-ring (bicyclic) bond motifs is 9. The maximum atomic E-state index is 6.25. The molecule has 3 heterocycles. The van der Waals surface area contributed by atoms with Gasteiger partial charge in [-0.1, -0.05) is 158 Å². The van der Waals surface area contributed by atoms with E-state index in [-0.39, 0.29) is 0 Å². The van der Waals surface area contributed by atoms with Crippen LogP contribution in [0.2, 0.25) is 0 Å². The number of para-hydroxylation sites is 3. The van der Waals surface area contributed by atoms with E-state index in [4.69, 9.17) is 4.42 Å². The molecular formula is C56H37NOS. The molecule has 0 aliphatic heterocycles. The average molecular weight is 772 g/mol. The van der Waals surface area contributed by atoms with Crippen LogP contribution in [-0.4, -0.2) is 4.57 Å². The van der Waals surface area contributed by atoms with Gasteiger partial charge in [-0.05, 0) is 88.8 Å². The first-order valence-corrected chi connectivity index (χ1v) is 21.1. The molecule has 0 amide bonds. The lowest BCUT2D eigenvalue weighted by Gasteiger charge is -2.32. The summed E-state index contributed by atoms with van der Waals surface area (Å²) in [7, 11) is 0. The zero-order valence-corrected chi connectivity index (χ0v) is 33.2. The fourth-order valence-electron chi connectivity index (χ4n) is 9.51. The first-order chi connectivity index (χ1) is 29.1. The van der Waals surface area contributed by atoms with Crippen LogP contribution in [-0.2, 0) is 5.41 Å². The largest absolute Gasteiger partial charge is 0.456 e. The van der Waals surface area contributed by atoms with Gasteiger partial charge < -0.3 is 8.98 Å². The molecule has 0 spiro atoms. The normalized spacial score (nSPS) is 13.0. The fourth-order valence-corrected chi connectivity index (χ4v) is 10.7. The lowest BCUT2D eigenvalue weighted by Crippen LogP contribution is -2.25. The first kappa shape index (κ1) is 33.9. The highest BCUT2D eigenvalue weighted by Gasteiger charge is 2.31. The summed E-state index contributed by atoms with van der Waals surface area (Å²) >= 11 is 1.89. The maximum absolute atomic E-state index is 6.25. The second kappa shape index (κ2) is 13.2. The van der Waals surface area contributed by atoms with E-state index in [1.54, 1.807) is 0 Å². The number of hydrogen-bond acceptors (Lipinski definition) is 2. The molecule has 0 aliphatic carbocycles. The molecule has 3 aromatic heterocycles. The van der Waals surface area contributed by atoms with Crippen molar-refractivity contribution < 1.29 is 4.42 Å². The third kappa shape index (κ3) is 5.25. The molecule has 0 saturated heterocycles. The highest BCUT2D eigenvalue weighted by atomic mass is 32.1. The van der Waals surface area contributed by atoms with Crippen LogP contribution >= 0.6 is 11.3 Å². The molecule has 12 rings (SSSR count). The Kier molecular flexibility index (Phi) is 7.57. The van der Waals surface area contributed by atoms with Gasteiger partial charge in [0.15, 0.2) is 0 Å². The van der Waals surface area contributed by atoms with Crippen molar-refractivity contribution in [3.8, 4) is 27.9 Å². The Morgan fingerprint density at radius 1 is 0.407 bits per heavy atom. The van der Waals surface area contributed by atoms with E-state index in [1.165, 1.54) is 75.5 Å². The highest BCUT2D eigenvalue weighted by Crippen LogP contribution is 2.45. The summed E-state index contributed by atoms with van der Waals surface area (Å²) in [5.74, 6) is 0. The van der Waals surface area contributed by atoms with Crippen molar-refractivity contribution in [3.05, 3.63) is 223 Å². The standard InChI is InChI=1S/C56H37NOS/c1-56(39-13-3-2-4-14-39,40-28-23-36(24-29-40)38-27-32-46-45-17-7-11-21-52(45)58-53(46)33-38)41-30-25-37(26-31-41)48-34-42(35-49-47-18-8-12-22-54(47)59-55(48)49)57-50-19-9-5-15-43(50)44-16-6-10-20-51(44)57/h2-35H,1H3/t56-/m1/s1. The summed E-state index contributed by atoms with van der Waals surface area (Å²) in [5.41, 5.74) is 13.6. The van der Waals surface area contributed by atoms with Crippen LogP contribution in [0, 0.1) is 0 Å². The fraction of sp³-hybridized carbons (Fsp3) is 0.0357. The van der Waals surface area contributed by atoms with E-state index >= 15 is 0 Å². The van der Waals surface area contributed by atoms with Gasteiger partial charge in [0, 0.05) is 58.4 Å². The van der Waals surface area contributed by atoms with Crippen LogP contribution < -0.4 is 0 Å². The lowest BCUT2D eigenvalue weighted by atomic mass is 9.70. The number of thiophene rings is 1. The average Bonchev–Trinajstić information content (AvgIpc) is 3.98. The van der Waals surface area contributed by atoms with E-state index < -0.39 is 5.41 Å². The van der Waals surface area contributed by atoms with Gasteiger partial charge >= 0.3 is 0 Å². The zero-order valence-electron chi connectivity index (χ0n) is 32.4. The van der Waals surface area contributed by atoms with Crippen LogP contribution in [0.15, 0.2) is 211 Å². The van der Waals surface area contributed by atoms with Crippen molar-refractivity contribution in [1.29, 1.82) is 0 Å². The minimum absolute atomic E-state index is 0.390. The SMILES string of the molecule is C[C@@](c1ccccc1)(c1ccc(-c2ccc3c(c2)oc2ccccc23)cc1)c1ccc(-c2cc(-n3c4ccccc4c4ccccc43)cc3c2sc2ccccc23)cc1. The topological polar surface area (TPSA) is 18.1 Å². The van der Waals surface area contributed by atoms with E-state index in [0.29, 0.717) is 0 Å². The number of rotatable bonds is 6. The van der Waals surface area contributed by atoms with Crippen molar-refractivity contribution in [1.82, 2.24) is 4.57 Å². The summed E-state index contributed by atoms with van der Waals surface area (Å²) in [6.07, 6.45) is 0. The third-order valence-corrected chi connectivity index (χ3v) is 13.8. The molecule has 12 aromatic rings. The second-order valence-corrected chi connectivity index (χ2v) is 16.8. The third-order valence-electron chi connectivity index (χ3n) is 12.6. The van der Waals surface area contributed by atoms with Crippen LogP contribution in [0.25, 0.3) is 91.9 Å². The molecule has 0 N–H and O–H groups in total. The maximum Gasteiger partial charge on any atom is 0.136 e. The molecule has 2 nitrogen and oxygen atoms in total. The Bertz CT molecular complexity index is 3500. The second-order valence-electron chi connectivity index (χ2n) is 15.8. The number of benzene rings is 9. The first-order valence-electron chi connectivity index (χ1n) is 20.2. The molecule has 0 bridgehead atoms. The van der Waals surface area contributed by atoms with Crippen molar-refractivity contribution in [3.63, 3.8) is 0 Å². The van der Waals surface area contributed by atoms with Crippen LogP contribution in [0.5, 0.6) is 0 Å². The number of nitrogens with zero attached hydrogens (tertiary/aromatic N) is 1. The molecular weight excluding hydrogens is 735 g/mol. The van der Waals surface area contributed by atoms with E-state index in [9.17, 15) is 0 Å². The van der Waals surface area contributed by atoms with Crippen molar-refractivity contribution >= 4 is 75.3 Å². The van der Waals surface area contributed by atoms with Gasteiger partial charge in [0.25, 0.3) is 0 Å². The molecule has 0 aliphatic rings. The van der Waals surface area contributed by atoms with Crippen molar-refractivity contribution in [2.45, 2.75) is 12.3 Å². The molecule has 0 radical (unpaired) electrons. The minimum atomic E-state index is -0.390. The molecule has 0 saturated carbocycles. The molecule has 1 atom stereocenters. The number of furan rings is 1. The number of aromatic nitrogens is 1. The summed E-state index contributed by atoms with van der Waals surface area (Å²) in [4.78, 5) is 0. The van der Waals surface area contributed by atoms with Crippen LogP contribution in [0.3, 0.4) is 0 Å². The van der Waals surface area contributed by atoms with Gasteiger partial charge in [0.05, 0.1) is 11.0 Å². The Labute approximate surface area is 345 Å². The van der Waals surface area contributed by atoms with Gasteiger partial charge in [0.2, 0.25) is 0 Å². The van der Waals surface area contributed by atoms with Gasteiger partial charge in [-0.25, -0.2) is 0 Å². The predicted octanol–water partition coefficient (Wildman–Crippen LogP) is 15.7. The summed E-state index contributed by atoms with van der Waals surface area (Å²) in [5, 5.41) is 7.42. The monoisotopic (exact) mass is 771 g/mol. The smallest absolute Gasteiger partial charge is 0.136 e. The van der Waals surface area contributed by atoms with Crippen LogP contribution in [0.1, 0.15) is 23.6 Å². The molecule has 9 aromatic carbocycles. The molecule has 278 valence electrons. The molecule has 3 heteroatoms. The summed E-state index contributed by atoms with van der Waals surface area (Å²) in [6.45, 7) is 2.36. The molecule has 0 fully saturated rings. The molecule has 0 unspecified atom stereocenters. The van der Waals surface area contributed by atoms with Gasteiger partial charge in [-0.15, -0.1) is 11.3 Å². The lowest BCUT2D eigenvalue weighted by molar-refractivity contribution is 0.669. The van der Waals surface area contributed by atoms with E-state index in [2.05, 4.69) is 206 Å². The van der Waals surface area contributed by atoms with E-state index in [0.717, 1.165) is 33.1 Å². The van der Waals surface area contributed by atoms with Crippen molar-refractivity contribution in [2.75, 3.05) is 0 Å². The Hall–Kier alpha value is -7.20. The summed E-state index contributed by atoms with van der Waals surface area (Å²) in [6, 6.07) is 75.4. The van der Waals surface area contributed by atoms with Crippen LogP contribution in [0.4, 0.5) is 0 Å². The Balaban J connectivity index is 0.984. The van der Waals surface area contributed by atoms with E-state index in [1.807, 2.05) is 23.5 Å². The van der Waals surface area contributed by atoms with Gasteiger partial charge in [-0.3, -0.25) is 0 Å². The zero-order chi connectivity index (χ0) is 39.1. The summed E-state index contributed by atoms with van der Waals surface area (Å²) < 4.78 is 11.3. The quantitative estimate of drug-likeness (QED) is 0.154. The highest BCUT2D eigenvalue weighted by molar-refractivity contribution is 7.26. The predicted molar refractivity (Wildman–Crippen MR) is 250 cm³/mol. The Morgan fingerprint density at radius 2 is 0.949 bits per heavy atom. The van der Waals surface area contributed by atoms with Gasteiger partial charge in [-0.2, -0.15) is 0 Å². The Morgan fingerprint density at radius 3 is 1.66 bits per heavy atom. The number of hydrogen-bond donors (Lipinski definition) is 0. The van der Waals surface area contributed by atoms with Gasteiger partial charge in [0.1, 0.15) is 11.2 Å². The molecule has 59 heavy (non-hydrogen) atoms.